The van der Waals surface area contributed by atoms with E-state index in [1.165, 1.54) is 0 Å². The van der Waals surface area contributed by atoms with Gasteiger partial charge in [0.05, 0.1) is 13.2 Å². The van der Waals surface area contributed by atoms with Gasteiger partial charge in [-0.1, -0.05) is 0 Å². The summed E-state index contributed by atoms with van der Waals surface area (Å²) >= 11 is 0. The Morgan fingerprint density at radius 1 is 1.41 bits per heavy atom. The number of nitrogens with one attached hydrogen (secondary N) is 1. The Bertz CT molecular complexity index is 434. The SMILES string of the molecule is COCC1CN(C(=O)CN2CCCC2=O)CC12CCNCC2. The van der Waals surface area contributed by atoms with Gasteiger partial charge in [0.25, 0.3) is 0 Å². The van der Waals surface area contributed by atoms with Crippen molar-refractivity contribution < 1.29 is 14.3 Å². The highest BCUT2D eigenvalue weighted by Crippen LogP contribution is 2.43. The first-order valence-electron chi connectivity index (χ1n) is 8.40. The van der Waals surface area contributed by atoms with Crippen molar-refractivity contribution in [2.24, 2.45) is 11.3 Å². The number of piperidine rings is 1. The van der Waals surface area contributed by atoms with Crippen molar-refractivity contribution in [1.29, 1.82) is 0 Å². The predicted octanol–water partition coefficient (Wildman–Crippen LogP) is 0.0834. The summed E-state index contributed by atoms with van der Waals surface area (Å²) in [6.07, 6.45) is 3.68. The molecule has 3 fully saturated rings. The maximum absolute atomic E-state index is 12.6. The molecule has 0 saturated carbocycles. The quantitative estimate of drug-likeness (QED) is 0.799. The number of amides is 2. The summed E-state index contributed by atoms with van der Waals surface area (Å²) in [5.41, 5.74) is 0.200. The lowest BCUT2D eigenvalue weighted by atomic mass is 9.71. The first-order valence-corrected chi connectivity index (χ1v) is 8.40. The molecule has 6 nitrogen and oxygen atoms in total. The first-order chi connectivity index (χ1) is 10.6. The summed E-state index contributed by atoms with van der Waals surface area (Å²) < 4.78 is 5.41. The number of rotatable bonds is 4. The van der Waals surface area contributed by atoms with E-state index in [-0.39, 0.29) is 23.8 Å². The number of methoxy groups -OCH3 is 1. The van der Waals surface area contributed by atoms with E-state index in [9.17, 15) is 9.59 Å². The van der Waals surface area contributed by atoms with Crippen LogP contribution in [-0.2, 0) is 14.3 Å². The summed E-state index contributed by atoms with van der Waals surface area (Å²) in [6.45, 7) is 5.34. The highest BCUT2D eigenvalue weighted by atomic mass is 16.5. The van der Waals surface area contributed by atoms with Crippen molar-refractivity contribution in [2.75, 3.05) is 53.0 Å². The lowest BCUT2D eigenvalue weighted by molar-refractivity contribution is -0.138. The van der Waals surface area contributed by atoms with Crippen molar-refractivity contribution in [2.45, 2.75) is 25.7 Å². The molecule has 3 saturated heterocycles. The second kappa shape index (κ2) is 6.54. The van der Waals surface area contributed by atoms with Crippen LogP contribution in [0.25, 0.3) is 0 Å². The summed E-state index contributed by atoms with van der Waals surface area (Å²) in [5.74, 6) is 0.641. The zero-order chi connectivity index (χ0) is 15.6. The molecule has 22 heavy (non-hydrogen) atoms. The topological polar surface area (TPSA) is 61.9 Å². The second-order valence-corrected chi connectivity index (χ2v) is 6.96. The van der Waals surface area contributed by atoms with Crippen LogP contribution < -0.4 is 5.32 Å². The van der Waals surface area contributed by atoms with Gasteiger partial charge in [0.15, 0.2) is 0 Å². The summed E-state index contributed by atoms with van der Waals surface area (Å²) in [4.78, 5) is 28.0. The van der Waals surface area contributed by atoms with Crippen molar-refractivity contribution in [3.05, 3.63) is 0 Å². The Hall–Kier alpha value is -1.14. The van der Waals surface area contributed by atoms with Crippen LogP contribution in [0.3, 0.4) is 0 Å². The standard InChI is InChI=1S/C16H27N3O3/c1-22-11-13-9-19(12-16(13)4-6-17-7-5-16)15(21)10-18-8-2-3-14(18)20/h13,17H,2-12H2,1H3. The zero-order valence-corrected chi connectivity index (χ0v) is 13.5. The van der Waals surface area contributed by atoms with Crippen LogP contribution in [0.2, 0.25) is 0 Å². The number of carbonyl (C=O) groups is 2. The van der Waals surface area contributed by atoms with Gasteiger partial charge in [-0.05, 0) is 37.8 Å². The molecule has 124 valence electrons. The fourth-order valence-corrected chi connectivity index (χ4v) is 4.28. The summed E-state index contributed by atoms with van der Waals surface area (Å²) in [7, 11) is 1.74. The molecule has 0 aliphatic carbocycles. The maximum Gasteiger partial charge on any atom is 0.242 e. The van der Waals surface area contributed by atoms with Gasteiger partial charge in [0.2, 0.25) is 11.8 Å². The fraction of sp³-hybridized carbons (Fsp3) is 0.875. The number of hydrogen-bond acceptors (Lipinski definition) is 4. The van der Waals surface area contributed by atoms with Gasteiger partial charge in [-0.25, -0.2) is 0 Å². The van der Waals surface area contributed by atoms with Crippen molar-refractivity contribution in [3.8, 4) is 0 Å². The Morgan fingerprint density at radius 3 is 2.82 bits per heavy atom. The Morgan fingerprint density at radius 2 is 2.18 bits per heavy atom. The van der Waals surface area contributed by atoms with Crippen LogP contribution in [0.5, 0.6) is 0 Å². The molecular formula is C16H27N3O3. The van der Waals surface area contributed by atoms with E-state index < -0.39 is 0 Å². The summed E-state index contributed by atoms with van der Waals surface area (Å²) in [5, 5.41) is 3.41. The van der Waals surface area contributed by atoms with E-state index in [1.807, 2.05) is 4.90 Å². The van der Waals surface area contributed by atoms with Crippen LogP contribution in [0.15, 0.2) is 0 Å². The molecule has 3 aliphatic rings. The van der Waals surface area contributed by atoms with E-state index in [1.54, 1.807) is 12.0 Å². The fourth-order valence-electron chi connectivity index (χ4n) is 4.28. The van der Waals surface area contributed by atoms with Gasteiger partial charge in [-0.3, -0.25) is 9.59 Å². The molecule has 2 amide bonds. The van der Waals surface area contributed by atoms with Crippen LogP contribution in [0.1, 0.15) is 25.7 Å². The Kier molecular flexibility index (Phi) is 4.68. The molecular weight excluding hydrogens is 282 g/mol. The van der Waals surface area contributed by atoms with Crippen LogP contribution in [0, 0.1) is 11.3 Å². The van der Waals surface area contributed by atoms with Gasteiger partial charge in [-0.2, -0.15) is 0 Å². The van der Waals surface area contributed by atoms with Gasteiger partial charge in [-0.15, -0.1) is 0 Å². The van der Waals surface area contributed by atoms with Crippen LogP contribution >= 0.6 is 0 Å². The average Bonchev–Trinajstić information content (AvgIpc) is 3.06. The van der Waals surface area contributed by atoms with Crippen LogP contribution in [0.4, 0.5) is 0 Å². The lowest BCUT2D eigenvalue weighted by Crippen LogP contribution is -2.44. The molecule has 1 spiro atoms. The van der Waals surface area contributed by atoms with Gasteiger partial charge in [0.1, 0.15) is 0 Å². The molecule has 0 aromatic rings. The smallest absolute Gasteiger partial charge is 0.242 e. The lowest BCUT2D eigenvalue weighted by Gasteiger charge is -2.38. The van der Waals surface area contributed by atoms with Gasteiger partial charge in [0, 0.05) is 39.1 Å². The van der Waals surface area contributed by atoms with Crippen molar-refractivity contribution in [1.82, 2.24) is 15.1 Å². The number of hydrogen-bond donors (Lipinski definition) is 1. The third kappa shape index (κ3) is 2.99. The molecule has 0 bridgehead atoms. The zero-order valence-electron chi connectivity index (χ0n) is 13.5. The van der Waals surface area contributed by atoms with Gasteiger partial charge >= 0.3 is 0 Å². The van der Waals surface area contributed by atoms with Crippen molar-refractivity contribution in [3.63, 3.8) is 0 Å². The number of carbonyl (C=O) groups excluding carboxylic acids is 2. The maximum atomic E-state index is 12.6. The third-order valence-electron chi connectivity index (χ3n) is 5.63. The minimum atomic E-state index is 0.103. The number of ether oxygens (including phenoxy) is 1. The minimum Gasteiger partial charge on any atom is -0.384 e. The first kappa shape index (κ1) is 15.7. The van der Waals surface area contributed by atoms with E-state index in [4.69, 9.17) is 4.74 Å². The Labute approximate surface area is 132 Å². The second-order valence-electron chi connectivity index (χ2n) is 6.96. The minimum absolute atomic E-state index is 0.103. The monoisotopic (exact) mass is 309 g/mol. The molecule has 0 aromatic heterocycles. The highest BCUT2D eigenvalue weighted by molar-refractivity contribution is 5.86. The normalized spacial score (nSPS) is 27.9. The molecule has 3 heterocycles. The van der Waals surface area contributed by atoms with Gasteiger partial charge < -0.3 is 19.9 Å². The van der Waals surface area contributed by atoms with Crippen molar-refractivity contribution >= 4 is 11.8 Å². The third-order valence-corrected chi connectivity index (χ3v) is 5.63. The predicted molar refractivity (Wildman–Crippen MR) is 82.3 cm³/mol. The Balaban J connectivity index is 1.64. The van der Waals surface area contributed by atoms with E-state index >= 15 is 0 Å². The molecule has 6 heteroatoms. The molecule has 3 rings (SSSR count). The molecule has 1 atom stereocenters. The molecule has 0 aromatic carbocycles. The largest absolute Gasteiger partial charge is 0.384 e. The molecule has 1 N–H and O–H groups in total. The molecule has 1 unspecified atom stereocenters. The average molecular weight is 309 g/mol. The number of nitrogens with zero attached hydrogens (tertiary/aromatic N) is 2. The molecule has 3 aliphatic heterocycles. The number of likely N-dealkylation sites (tertiary alicyclic amines) is 2. The van der Waals surface area contributed by atoms with Crippen LogP contribution in [-0.4, -0.2) is 74.6 Å². The van der Waals surface area contributed by atoms with E-state index in [0.29, 0.717) is 18.9 Å². The van der Waals surface area contributed by atoms with E-state index in [2.05, 4.69) is 5.32 Å². The van der Waals surface area contributed by atoms with E-state index in [0.717, 1.165) is 52.0 Å². The summed E-state index contributed by atoms with van der Waals surface area (Å²) in [6, 6.07) is 0. The molecule has 0 radical (unpaired) electrons. The highest BCUT2D eigenvalue weighted by Gasteiger charge is 2.48.